The number of benzene rings is 1. The SMILES string of the molecule is COCCN(CC(=O)N(Cc1ccc2c(c1)OCO2)Cc1ccc(C)o1)C(=O)N(C)C. The van der Waals surface area contributed by atoms with Crippen molar-refractivity contribution in [2.45, 2.75) is 20.0 Å². The Kier molecular flexibility index (Phi) is 7.41. The zero-order chi connectivity index (χ0) is 22.4. The van der Waals surface area contributed by atoms with Crippen molar-refractivity contribution in [2.24, 2.45) is 0 Å². The molecule has 2 aromatic rings. The van der Waals surface area contributed by atoms with Gasteiger partial charge in [-0.15, -0.1) is 0 Å². The second kappa shape index (κ2) is 10.2. The van der Waals surface area contributed by atoms with Crippen LogP contribution in [0.4, 0.5) is 4.79 Å². The number of hydrogen-bond donors (Lipinski definition) is 0. The number of aryl methyl sites for hydroxylation is 1. The van der Waals surface area contributed by atoms with E-state index in [-0.39, 0.29) is 31.8 Å². The number of carbonyl (C=O) groups excluding carboxylic acids is 2. The highest BCUT2D eigenvalue weighted by atomic mass is 16.7. The molecule has 3 amide bonds. The number of carbonyl (C=O) groups is 2. The van der Waals surface area contributed by atoms with E-state index in [9.17, 15) is 9.59 Å². The number of nitrogens with zero attached hydrogens (tertiary/aromatic N) is 3. The van der Waals surface area contributed by atoms with Crippen LogP contribution in [0.2, 0.25) is 0 Å². The van der Waals surface area contributed by atoms with Crippen molar-refractivity contribution in [3.63, 3.8) is 0 Å². The lowest BCUT2D eigenvalue weighted by Gasteiger charge is -2.29. The Labute approximate surface area is 182 Å². The highest BCUT2D eigenvalue weighted by Crippen LogP contribution is 2.33. The first-order valence-corrected chi connectivity index (χ1v) is 10.0. The van der Waals surface area contributed by atoms with Crippen molar-refractivity contribution in [1.29, 1.82) is 0 Å². The fourth-order valence-corrected chi connectivity index (χ4v) is 3.24. The lowest BCUT2D eigenvalue weighted by Crippen LogP contribution is -2.47. The standard InChI is InChI=1S/C22H29N3O6/c1-16-5-7-18(31-16)13-25(12-17-6-8-19-20(11-17)30-15-29-19)21(26)14-24(9-10-28-4)22(27)23(2)3/h5-8,11H,9-10,12-15H2,1-4H3. The van der Waals surface area contributed by atoms with Gasteiger partial charge >= 0.3 is 6.03 Å². The van der Waals surface area contributed by atoms with Gasteiger partial charge in [-0.1, -0.05) is 6.07 Å². The highest BCUT2D eigenvalue weighted by Gasteiger charge is 2.24. The van der Waals surface area contributed by atoms with Crippen molar-refractivity contribution >= 4 is 11.9 Å². The van der Waals surface area contributed by atoms with E-state index >= 15 is 0 Å². The second-order valence-corrected chi connectivity index (χ2v) is 7.54. The van der Waals surface area contributed by atoms with Crippen molar-refractivity contribution in [2.75, 3.05) is 47.7 Å². The van der Waals surface area contributed by atoms with E-state index in [1.165, 1.54) is 9.80 Å². The molecule has 0 bridgehead atoms. The minimum atomic E-state index is -0.248. The number of fused-ring (bicyclic) bond motifs is 1. The first kappa shape index (κ1) is 22.5. The highest BCUT2D eigenvalue weighted by molar-refractivity contribution is 5.84. The first-order chi connectivity index (χ1) is 14.9. The molecule has 0 aliphatic carbocycles. The van der Waals surface area contributed by atoms with E-state index in [1.807, 2.05) is 37.3 Å². The summed E-state index contributed by atoms with van der Waals surface area (Å²) in [6.45, 7) is 3.26. The molecule has 31 heavy (non-hydrogen) atoms. The van der Waals surface area contributed by atoms with Gasteiger partial charge in [-0.2, -0.15) is 0 Å². The van der Waals surface area contributed by atoms with Crippen molar-refractivity contribution in [3.8, 4) is 11.5 Å². The molecule has 9 heteroatoms. The van der Waals surface area contributed by atoms with Crippen LogP contribution in [0.5, 0.6) is 11.5 Å². The van der Waals surface area contributed by atoms with Gasteiger partial charge in [-0.05, 0) is 36.8 Å². The molecule has 9 nitrogen and oxygen atoms in total. The van der Waals surface area contributed by atoms with Crippen molar-refractivity contribution in [1.82, 2.24) is 14.7 Å². The Morgan fingerprint density at radius 2 is 1.81 bits per heavy atom. The first-order valence-electron chi connectivity index (χ1n) is 10.0. The van der Waals surface area contributed by atoms with Crippen LogP contribution in [-0.4, -0.2) is 74.3 Å². The molecule has 1 aliphatic rings. The number of hydrogen-bond acceptors (Lipinski definition) is 6. The van der Waals surface area contributed by atoms with Gasteiger partial charge in [0.2, 0.25) is 12.7 Å². The third-order valence-electron chi connectivity index (χ3n) is 4.85. The molecule has 2 heterocycles. The molecular formula is C22H29N3O6. The molecule has 0 fully saturated rings. The summed E-state index contributed by atoms with van der Waals surface area (Å²) in [6.07, 6.45) is 0. The summed E-state index contributed by atoms with van der Waals surface area (Å²) in [7, 11) is 4.87. The van der Waals surface area contributed by atoms with Crippen LogP contribution >= 0.6 is 0 Å². The number of furan rings is 1. The molecule has 0 unspecified atom stereocenters. The summed E-state index contributed by atoms with van der Waals surface area (Å²) < 4.78 is 21.6. The van der Waals surface area contributed by atoms with Gasteiger partial charge in [0.15, 0.2) is 11.5 Å². The van der Waals surface area contributed by atoms with E-state index in [4.69, 9.17) is 18.6 Å². The zero-order valence-electron chi connectivity index (χ0n) is 18.4. The average molecular weight is 431 g/mol. The summed E-state index contributed by atoms with van der Waals surface area (Å²) in [5.41, 5.74) is 0.892. The van der Waals surface area contributed by atoms with Crippen LogP contribution in [0.1, 0.15) is 17.1 Å². The van der Waals surface area contributed by atoms with Crippen LogP contribution in [0.15, 0.2) is 34.7 Å². The number of amides is 3. The summed E-state index contributed by atoms with van der Waals surface area (Å²) in [5.74, 6) is 2.59. The number of rotatable bonds is 9. The smallest absolute Gasteiger partial charge is 0.320 e. The van der Waals surface area contributed by atoms with Gasteiger partial charge in [0.05, 0.1) is 13.2 Å². The fraction of sp³-hybridized carbons (Fsp3) is 0.455. The molecular weight excluding hydrogens is 402 g/mol. The molecule has 0 N–H and O–H groups in total. The van der Waals surface area contributed by atoms with E-state index in [0.717, 1.165) is 11.3 Å². The second-order valence-electron chi connectivity index (χ2n) is 7.54. The van der Waals surface area contributed by atoms with Crippen LogP contribution < -0.4 is 9.47 Å². The number of methoxy groups -OCH3 is 1. The number of ether oxygens (including phenoxy) is 3. The minimum absolute atomic E-state index is 0.0649. The monoisotopic (exact) mass is 431 g/mol. The van der Waals surface area contributed by atoms with Gasteiger partial charge in [-0.25, -0.2) is 4.79 Å². The van der Waals surface area contributed by atoms with Crippen LogP contribution in [0.25, 0.3) is 0 Å². The van der Waals surface area contributed by atoms with E-state index in [1.54, 1.807) is 26.1 Å². The summed E-state index contributed by atoms with van der Waals surface area (Å²) in [5, 5.41) is 0. The van der Waals surface area contributed by atoms with E-state index < -0.39 is 0 Å². The summed E-state index contributed by atoms with van der Waals surface area (Å²) in [6, 6.07) is 9.06. The van der Waals surface area contributed by atoms with Crippen LogP contribution in [0, 0.1) is 6.92 Å². The predicted octanol–water partition coefficient (Wildman–Crippen LogP) is 2.48. The van der Waals surface area contributed by atoms with Gasteiger partial charge in [0.1, 0.15) is 18.1 Å². The van der Waals surface area contributed by atoms with Crippen molar-refractivity contribution in [3.05, 3.63) is 47.4 Å². The largest absolute Gasteiger partial charge is 0.464 e. The molecule has 0 saturated heterocycles. The topological polar surface area (TPSA) is 84.7 Å². The van der Waals surface area contributed by atoms with Gasteiger partial charge in [0.25, 0.3) is 0 Å². The molecule has 0 radical (unpaired) electrons. The molecule has 0 saturated carbocycles. The molecule has 1 aliphatic heterocycles. The molecule has 168 valence electrons. The van der Waals surface area contributed by atoms with Gasteiger partial charge < -0.3 is 33.3 Å². The zero-order valence-corrected chi connectivity index (χ0v) is 18.4. The average Bonchev–Trinajstić information content (AvgIpc) is 3.37. The number of urea groups is 1. The minimum Gasteiger partial charge on any atom is -0.464 e. The van der Waals surface area contributed by atoms with Crippen molar-refractivity contribution < 1.29 is 28.2 Å². The third kappa shape index (κ3) is 5.91. The molecule has 1 aromatic heterocycles. The van der Waals surface area contributed by atoms with Crippen LogP contribution in [0.3, 0.4) is 0 Å². The molecule has 3 rings (SSSR count). The van der Waals surface area contributed by atoms with E-state index in [0.29, 0.717) is 37.0 Å². The summed E-state index contributed by atoms with van der Waals surface area (Å²) >= 11 is 0. The Bertz CT molecular complexity index is 910. The fourth-order valence-electron chi connectivity index (χ4n) is 3.24. The maximum absolute atomic E-state index is 13.3. The normalized spacial score (nSPS) is 12.0. The van der Waals surface area contributed by atoms with E-state index in [2.05, 4.69) is 0 Å². The molecule has 1 aromatic carbocycles. The Balaban J connectivity index is 1.78. The lowest BCUT2D eigenvalue weighted by molar-refractivity contribution is -0.133. The maximum atomic E-state index is 13.3. The Hall–Kier alpha value is -3.20. The quantitative estimate of drug-likeness (QED) is 0.607. The molecule has 0 spiro atoms. The maximum Gasteiger partial charge on any atom is 0.320 e. The Morgan fingerprint density at radius 3 is 2.48 bits per heavy atom. The summed E-state index contributed by atoms with van der Waals surface area (Å²) in [4.78, 5) is 30.4. The van der Waals surface area contributed by atoms with Gasteiger partial charge in [-0.3, -0.25) is 4.79 Å². The lowest BCUT2D eigenvalue weighted by atomic mass is 10.2. The Morgan fingerprint density at radius 1 is 1.03 bits per heavy atom. The predicted molar refractivity (Wildman–Crippen MR) is 113 cm³/mol. The van der Waals surface area contributed by atoms with Gasteiger partial charge in [0, 0.05) is 34.3 Å². The molecule has 0 atom stereocenters. The van der Waals surface area contributed by atoms with Crippen LogP contribution in [-0.2, 0) is 22.6 Å². The third-order valence-corrected chi connectivity index (χ3v) is 4.85.